The Morgan fingerprint density at radius 3 is 2.77 bits per heavy atom. The van der Waals surface area contributed by atoms with Gasteiger partial charge in [-0.05, 0) is 42.7 Å². The van der Waals surface area contributed by atoms with Crippen molar-refractivity contribution in [1.82, 2.24) is 5.32 Å². The fraction of sp³-hybridized carbons (Fsp3) is 0.250. The van der Waals surface area contributed by atoms with Gasteiger partial charge in [-0.1, -0.05) is 30.3 Å². The first-order chi connectivity index (χ1) is 15.0. The van der Waals surface area contributed by atoms with Crippen molar-refractivity contribution < 1.29 is 18.3 Å². The number of benzene rings is 2. The molecule has 0 bridgehead atoms. The Balaban J connectivity index is 1.32. The number of amides is 1. The lowest BCUT2D eigenvalue weighted by Crippen LogP contribution is -2.30. The van der Waals surface area contributed by atoms with Crippen molar-refractivity contribution in [3.05, 3.63) is 93.8 Å². The fourth-order valence-electron chi connectivity index (χ4n) is 3.66. The molecule has 6 nitrogen and oxygen atoms in total. The Hall–Kier alpha value is -3.61. The Morgan fingerprint density at radius 1 is 1.23 bits per heavy atom. The zero-order chi connectivity index (χ0) is 21.8. The third-order valence-corrected chi connectivity index (χ3v) is 5.29. The fourth-order valence-corrected chi connectivity index (χ4v) is 3.66. The van der Waals surface area contributed by atoms with E-state index in [-0.39, 0.29) is 30.1 Å². The first-order valence-corrected chi connectivity index (χ1v) is 10.1. The second-order valence-corrected chi connectivity index (χ2v) is 7.58. The average molecular weight is 422 g/mol. The summed E-state index contributed by atoms with van der Waals surface area (Å²) in [5.41, 5.74) is 2.85. The molecule has 0 spiro atoms. The smallest absolute Gasteiger partial charge is 0.258 e. The standard InChI is InChI=1S/C24H23FN2O4/c1-16-10-18-4-2-3-5-21(18)27(16)13-20-11-22(28)23(14-30-20)31-15-24(29)26-12-17-6-8-19(25)9-7-17/h2-9,11,14,16H,10,12-13,15H2,1H3,(H,26,29). The summed E-state index contributed by atoms with van der Waals surface area (Å²) in [4.78, 5) is 26.6. The highest BCUT2D eigenvalue weighted by Gasteiger charge is 2.26. The maximum atomic E-state index is 12.9. The van der Waals surface area contributed by atoms with Gasteiger partial charge in [-0.25, -0.2) is 4.39 Å². The monoisotopic (exact) mass is 422 g/mol. The van der Waals surface area contributed by atoms with Crippen LogP contribution in [-0.4, -0.2) is 18.6 Å². The van der Waals surface area contributed by atoms with Crippen LogP contribution >= 0.6 is 0 Å². The van der Waals surface area contributed by atoms with Gasteiger partial charge in [0.15, 0.2) is 6.61 Å². The molecular formula is C24H23FN2O4. The Bertz CT molecular complexity index is 1130. The largest absolute Gasteiger partial charge is 0.477 e. The summed E-state index contributed by atoms with van der Waals surface area (Å²) in [7, 11) is 0. The molecule has 2 heterocycles. The van der Waals surface area contributed by atoms with Gasteiger partial charge >= 0.3 is 0 Å². The summed E-state index contributed by atoms with van der Waals surface area (Å²) in [6.07, 6.45) is 2.20. The van der Waals surface area contributed by atoms with E-state index < -0.39 is 5.91 Å². The number of hydrogen-bond acceptors (Lipinski definition) is 5. The van der Waals surface area contributed by atoms with E-state index in [0.29, 0.717) is 18.3 Å². The average Bonchev–Trinajstić information content (AvgIpc) is 3.08. The number of carbonyl (C=O) groups is 1. The second-order valence-electron chi connectivity index (χ2n) is 7.58. The molecule has 0 radical (unpaired) electrons. The van der Waals surface area contributed by atoms with Crippen LogP contribution in [0.4, 0.5) is 10.1 Å². The lowest BCUT2D eigenvalue weighted by Gasteiger charge is -2.24. The summed E-state index contributed by atoms with van der Waals surface area (Å²) >= 11 is 0. The molecule has 1 aliphatic rings. The van der Waals surface area contributed by atoms with Crippen LogP contribution in [0, 0.1) is 5.82 Å². The molecular weight excluding hydrogens is 399 g/mol. The van der Waals surface area contributed by atoms with E-state index >= 15 is 0 Å². The van der Waals surface area contributed by atoms with Gasteiger partial charge in [-0.2, -0.15) is 0 Å². The summed E-state index contributed by atoms with van der Waals surface area (Å²) in [5, 5.41) is 2.66. The van der Waals surface area contributed by atoms with Crippen LogP contribution < -0.4 is 20.4 Å². The van der Waals surface area contributed by atoms with E-state index in [1.807, 2.05) is 12.1 Å². The number of nitrogens with zero attached hydrogens (tertiary/aromatic N) is 1. The van der Waals surface area contributed by atoms with Crippen molar-refractivity contribution in [3.8, 4) is 5.75 Å². The van der Waals surface area contributed by atoms with E-state index in [1.165, 1.54) is 30.0 Å². The highest BCUT2D eigenvalue weighted by atomic mass is 19.1. The number of nitrogens with one attached hydrogen (secondary N) is 1. The minimum atomic E-state index is -0.393. The molecule has 4 rings (SSSR count). The van der Waals surface area contributed by atoms with E-state index in [9.17, 15) is 14.0 Å². The summed E-state index contributed by atoms with van der Waals surface area (Å²) in [5.74, 6) is -0.218. The summed E-state index contributed by atoms with van der Waals surface area (Å²) in [6.45, 7) is 2.54. The zero-order valence-electron chi connectivity index (χ0n) is 17.1. The van der Waals surface area contributed by atoms with Crippen LogP contribution in [-0.2, 0) is 24.3 Å². The van der Waals surface area contributed by atoms with E-state index in [2.05, 4.69) is 29.3 Å². The second kappa shape index (κ2) is 9.04. The molecule has 1 N–H and O–H groups in total. The van der Waals surface area contributed by atoms with E-state index in [4.69, 9.17) is 9.15 Å². The van der Waals surface area contributed by atoms with E-state index in [1.54, 1.807) is 12.1 Å². The molecule has 1 unspecified atom stereocenters. The minimum absolute atomic E-state index is 0.0180. The maximum Gasteiger partial charge on any atom is 0.258 e. The van der Waals surface area contributed by atoms with Crippen LogP contribution in [0.15, 0.2) is 70.1 Å². The highest BCUT2D eigenvalue weighted by Crippen LogP contribution is 2.32. The van der Waals surface area contributed by atoms with Crippen molar-refractivity contribution >= 4 is 11.6 Å². The molecule has 31 heavy (non-hydrogen) atoms. The number of halogens is 1. The molecule has 7 heteroatoms. The first kappa shape index (κ1) is 20.7. The van der Waals surface area contributed by atoms with Crippen molar-refractivity contribution in [2.45, 2.75) is 32.5 Å². The predicted octanol–water partition coefficient (Wildman–Crippen LogP) is 3.43. The molecule has 0 saturated carbocycles. The van der Waals surface area contributed by atoms with Crippen LogP contribution in [0.25, 0.3) is 0 Å². The SMILES string of the molecule is CC1Cc2ccccc2N1Cc1cc(=O)c(OCC(=O)NCc2ccc(F)cc2)co1. The first-order valence-electron chi connectivity index (χ1n) is 10.1. The third-order valence-electron chi connectivity index (χ3n) is 5.29. The number of carbonyl (C=O) groups excluding carboxylic acids is 1. The van der Waals surface area contributed by atoms with Gasteiger partial charge < -0.3 is 19.4 Å². The lowest BCUT2D eigenvalue weighted by atomic mass is 10.1. The van der Waals surface area contributed by atoms with Gasteiger partial charge in [0.05, 0.1) is 6.54 Å². The number of para-hydroxylation sites is 1. The molecule has 1 aliphatic heterocycles. The van der Waals surface area contributed by atoms with Crippen LogP contribution in [0.2, 0.25) is 0 Å². The van der Waals surface area contributed by atoms with Gasteiger partial charge in [0.1, 0.15) is 17.8 Å². The highest BCUT2D eigenvalue weighted by molar-refractivity contribution is 5.77. The Morgan fingerprint density at radius 2 is 2.00 bits per heavy atom. The molecule has 1 aromatic heterocycles. The quantitative estimate of drug-likeness (QED) is 0.632. The molecule has 2 aromatic carbocycles. The summed E-state index contributed by atoms with van der Waals surface area (Å²) < 4.78 is 23.8. The molecule has 0 aliphatic carbocycles. The normalized spacial score (nSPS) is 14.9. The number of fused-ring (bicyclic) bond motifs is 1. The van der Waals surface area contributed by atoms with Gasteiger partial charge in [0.2, 0.25) is 11.2 Å². The third kappa shape index (κ3) is 4.94. The maximum absolute atomic E-state index is 12.9. The number of anilines is 1. The number of ether oxygens (including phenoxy) is 1. The van der Waals surface area contributed by atoms with Crippen molar-refractivity contribution in [3.63, 3.8) is 0 Å². The van der Waals surface area contributed by atoms with Gasteiger partial charge in [0.25, 0.3) is 5.91 Å². The van der Waals surface area contributed by atoms with Crippen molar-refractivity contribution in [2.24, 2.45) is 0 Å². The van der Waals surface area contributed by atoms with Crippen LogP contribution in [0.1, 0.15) is 23.8 Å². The van der Waals surface area contributed by atoms with Crippen molar-refractivity contribution in [1.29, 1.82) is 0 Å². The topological polar surface area (TPSA) is 71.8 Å². The van der Waals surface area contributed by atoms with Crippen molar-refractivity contribution in [2.75, 3.05) is 11.5 Å². The molecule has 160 valence electrons. The van der Waals surface area contributed by atoms with Crippen LogP contribution in [0.3, 0.4) is 0 Å². The summed E-state index contributed by atoms with van der Waals surface area (Å²) in [6, 6.07) is 15.7. The Labute approximate surface area is 179 Å². The van der Waals surface area contributed by atoms with Gasteiger partial charge in [0, 0.05) is 24.3 Å². The zero-order valence-corrected chi connectivity index (χ0v) is 17.1. The molecule has 1 atom stereocenters. The molecule has 0 saturated heterocycles. The minimum Gasteiger partial charge on any atom is -0.477 e. The lowest BCUT2D eigenvalue weighted by molar-refractivity contribution is -0.123. The Kier molecular flexibility index (Phi) is 6.02. The number of rotatable bonds is 7. The van der Waals surface area contributed by atoms with Gasteiger partial charge in [-0.15, -0.1) is 0 Å². The molecule has 0 fully saturated rings. The predicted molar refractivity (Wildman–Crippen MR) is 115 cm³/mol. The molecule has 3 aromatic rings. The number of hydrogen-bond donors (Lipinski definition) is 1. The molecule has 1 amide bonds. The van der Waals surface area contributed by atoms with Crippen LogP contribution in [0.5, 0.6) is 5.75 Å². The van der Waals surface area contributed by atoms with Gasteiger partial charge in [-0.3, -0.25) is 9.59 Å². The van der Waals surface area contributed by atoms with E-state index in [0.717, 1.165) is 17.7 Å².